The smallest absolute Gasteiger partial charge is 0.405 e. The zero-order valence-corrected chi connectivity index (χ0v) is 21.5. The van der Waals surface area contributed by atoms with E-state index in [1.54, 1.807) is 12.1 Å². The summed E-state index contributed by atoms with van der Waals surface area (Å²) in [7, 11) is 2.12. The molecule has 2 saturated heterocycles. The van der Waals surface area contributed by atoms with Gasteiger partial charge in [0.2, 0.25) is 5.91 Å². The maximum absolute atomic E-state index is 13.4. The highest BCUT2D eigenvalue weighted by Crippen LogP contribution is 2.44. The molecule has 0 bridgehead atoms. The number of likely N-dealkylation sites (tertiary alicyclic amines) is 1. The summed E-state index contributed by atoms with van der Waals surface area (Å²) in [6, 6.07) is 12.6. The van der Waals surface area contributed by atoms with Gasteiger partial charge in [-0.1, -0.05) is 24.3 Å². The van der Waals surface area contributed by atoms with E-state index in [1.165, 1.54) is 18.2 Å². The molecule has 0 spiro atoms. The number of anilines is 1. The van der Waals surface area contributed by atoms with Crippen LogP contribution in [0, 0.1) is 0 Å². The molecule has 2 amide bonds. The Labute approximate surface area is 220 Å². The molecule has 7 nitrogen and oxygen atoms in total. The van der Waals surface area contributed by atoms with Crippen molar-refractivity contribution in [1.29, 1.82) is 0 Å². The summed E-state index contributed by atoms with van der Waals surface area (Å²) in [5.74, 6) is -0.633. The quantitative estimate of drug-likeness (QED) is 0.603. The molecule has 3 aliphatic rings. The molecule has 2 aromatic carbocycles. The van der Waals surface area contributed by atoms with E-state index >= 15 is 0 Å². The van der Waals surface area contributed by atoms with E-state index in [-0.39, 0.29) is 17.0 Å². The lowest BCUT2D eigenvalue weighted by atomic mass is 9.89. The zero-order valence-electron chi connectivity index (χ0n) is 21.5. The molecule has 3 fully saturated rings. The van der Waals surface area contributed by atoms with Gasteiger partial charge in [0.1, 0.15) is 11.3 Å². The molecule has 0 aromatic heterocycles. The molecule has 204 valence electrons. The van der Waals surface area contributed by atoms with E-state index in [4.69, 9.17) is 0 Å². The number of alkyl halides is 3. The monoisotopic (exact) mass is 530 g/mol. The molecule has 2 heterocycles. The number of benzene rings is 2. The van der Waals surface area contributed by atoms with Gasteiger partial charge >= 0.3 is 6.36 Å². The minimum absolute atomic E-state index is 0.198. The van der Waals surface area contributed by atoms with E-state index in [1.807, 2.05) is 17.0 Å². The van der Waals surface area contributed by atoms with Crippen LogP contribution in [0.5, 0.6) is 5.75 Å². The number of hydrogen-bond acceptors (Lipinski definition) is 5. The first-order valence-corrected chi connectivity index (χ1v) is 13.1. The van der Waals surface area contributed by atoms with Crippen molar-refractivity contribution in [2.45, 2.75) is 43.5 Å². The molecule has 2 aliphatic heterocycles. The van der Waals surface area contributed by atoms with Crippen LogP contribution in [0.1, 0.15) is 47.5 Å². The van der Waals surface area contributed by atoms with Gasteiger partial charge in [0.15, 0.2) is 0 Å². The number of carbonyl (C=O) groups is 2. The Bertz CT molecular complexity index is 1150. The number of amides is 2. The van der Waals surface area contributed by atoms with Crippen LogP contribution in [0.25, 0.3) is 0 Å². The van der Waals surface area contributed by atoms with Crippen molar-refractivity contribution in [3.63, 3.8) is 0 Å². The third-order valence-electron chi connectivity index (χ3n) is 8.01. The van der Waals surface area contributed by atoms with E-state index in [2.05, 4.69) is 26.9 Å². The van der Waals surface area contributed by atoms with Crippen LogP contribution in [0.4, 0.5) is 18.9 Å². The molecule has 1 saturated carbocycles. The van der Waals surface area contributed by atoms with Gasteiger partial charge in [-0.3, -0.25) is 14.5 Å². The van der Waals surface area contributed by atoms with Gasteiger partial charge < -0.3 is 19.9 Å². The van der Waals surface area contributed by atoms with E-state index in [9.17, 15) is 22.8 Å². The molecule has 38 heavy (non-hydrogen) atoms. The van der Waals surface area contributed by atoms with Gasteiger partial charge in [0.05, 0.1) is 5.56 Å². The molecule has 2 aromatic rings. The highest BCUT2D eigenvalue weighted by molar-refractivity contribution is 6.06. The zero-order chi connectivity index (χ0) is 26.9. The second kappa shape index (κ2) is 10.6. The van der Waals surface area contributed by atoms with Gasteiger partial charge in [0, 0.05) is 45.0 Å². The van der Waals surface area contributed by atoms with Crippen LogP contribution in [0.15, 0.2) is 48.5 Å². The van der Waals surface area contributed by atoms with Crippen molar-refractivity contribution >= 4 is 17.5 Å². The van der Waals surface area contributed by atoms with E-state index < -0.39 is 18.0 Å². The van der Waals surface area contributed by atoms with Crippen LogP contribution in [-0.2, 0) is 4.79 Å². The number of halogens is 3. The SMILES string of the molecule is CN1CCN(C2(C(=O)N3CCC(c4ccc(NC(=O)c5ccccc5OC(F)(F)F)cc4)CC3)CC2)CC1. The number of rotatable bonds is 6. The van der Waals surface area contributed by atoms with Crippen LogP contribution in [0.2, 0.25) is 0 Å². The number of carbonyl (C=O) groups excluding carboxylic acids is 2. The van der Waals surface area contributed by atoms with Crippen molar-refractivity contribution in [2.24, 2.45) is 0 Å². The first kappa shape index (κ1) is 26.5. The maximum Gasteiger partial charge on any atom is 0.573 e. The number of piperidine rings is 1. The molecule has 0 unspecified atom stereocenters. The second-order valence-electron chi connectivity index (χ2n) is 10.5. The Hall–Kier alpha value is -3.11. The van der Waals surface area contributed by atoms with Gasteiger partial charge in [-0.05, 0) is 68.5 Å². The van der Waals surface area contributed by atoms with Crippen LogP contribution < -0.4 is 10.1 Å². The first-order chi connectivity index (χ1) is 18.1. The fourth-order valence-corrected chi connectivity index (χ4v) is 5.63. The van der Waals surface area contributed by atoms with Gasteiger partial charge in [-0.2, -0.15) is 0 Å². The Morgan fingerprint density at radius 2 is 1.55 bits per heavy atom. The fourth-order valence-electron chi connectivity index (χ4n) is 5.63. The van der Waals surface area contributed by atoms with Gasteiger partial charge in [0.25, 0.3) is 5.91 Å². The Kier molecular flexibility index (Phi) is 7.37. The van der Waals surface area contributed by atoms with Crippen molar-refractivity contribution in [1.82, 2.24) is 14.7 Å². The van der Waals surface area contributed by atoms with Crippen molar-refractivity contribution in [2.75, 3.05) is 51.6 Å². The summed E-state index contributed by atoms with van der Waals surface area (Å²) < 4.78 is 42.0. The highest BCUT2D eigenvalue weighted by Gasteiger charge is 2.56. The van der Waals surface area contributed by atoms with Crippen LogP contribution in [-0.4, -0.2) is 84.7 Å². The molecule has 0 radical (unpaired) electrons. The lowest BCUT2D eigenvalue weighted by Crippen LogP contribution is -2.57. The summed E-state index contributed by atoms with van der Waals surface area (Å²) in [6.45, 7) is 5.36. The predicted molar refractivity (Wildman–Crippen MR) is 137 cm³/mol. The lowest BCUT2D eigenvalue weighted by molar-refractivity contribution is -0.274. The Balaban J connectivity index is 1.15. The number of nitrogens with zero attached hydrogens (tertiary/aromatic N) is 3. The normalized spacial score (nSPS) is 20.7. The van der Waals surface area contributed by atoms with Crippen molar-refractivity contribution in [3.8, 4) is 5.75 Å². The third kappa shape index (κ3) is 5.81. The third-order valence-corrected chi connectivity index (χ3v) is 8.01. The molecular formula is C28H33F3N4O3. The summed E-state index contributed by atoms with van der Waals surface area (Å²) in [5, 5.41) is 2.65. The minimum atomic E-state index is -4.89. The van der Waals surface area contributed by atoms with Crippen molar-refractivity contribution in [3.05, 3.63) is 59.7 Å². The summed E-state index contributed by atoms with van der Waals surface area (Å²) in [6.07, 6.45) is -1.23. The number of nitrogens with one attached hydrogen (secondary N) is 1. The minimum Gasteiger partial charge on any atom is -0.405 e. The molecule has 0 atom stereocenters. The highest BCUT2D eigenvalue weighted by atomic mass is 19.4. The predicted octanol–water partition coefficient (Wildman–Crippen LogP) is 4.32. The summed E-state index contributed by atoms with van der Waals surface area (Å²) >= 11 is 0. The summed E-state index contributed by atoms with van der Waals surface area (Å²) in [4.78, 5) is 32.8. The molecule has 1 aliphatic carbocycles. The van der Waals surface area contributed by atoms with E-state index in [0.717, 1.165) is 76.6 Å². The lowest BCUT2D eigenvalue weighted by Gasteiger charge is -2.41. The fraction of sp³-hybridized carbons (Fsp3) is 0.500. The molecule has 5 rings (SSSR count). The number of hydrogen-bond donors (Lipinski definition) is 1. The van der Waals surface area contributed by atoms with E-state index in [0.29, 0.717) is 11.6 Å². The van der Waals surface area contributed by atoms with Crippen molar-refractivity contribution < 1.29 is 27.5 Å². The molecule has 10 heteroatoms. The number of ether oxygens (including phenoxy) is 1. The Morgan fingerprint density at radius 3 is 2.16 bits per heavy atom. The molecule has 1 N–H and O–H groups in total. The number of likely N-dealkylation sites (N-methyl/N-ethyl adjacent to an activating group) is 1. The van der Waals surface area contributed by atoms with Gasteiger partial charge in [-0.25, -0.2) is 0 Å². The Morgan fingerprint density at radius 1 is 0.921 bits per heavy atom. The second-order valence-corrected chi connectivity index (χ2v) is 10.5. The standard InChI is InChI=1S/C28H33F3N4O3/c1-33-16-18-35(19-17-33)27(12-13-27)26(37)34-14-10-21(11-15-34)20-6-8-22(9-7-20)32-25(36)23-4-2-3-5-24(23)38-28(29,30)31/h2-9,21H,10-19H2,1H3,(H,32,36). The summed E-state index contributed by atoms with van der Waals surface area (Å²) in [5.41, 5.74) is 1.13. The average Bonchev–Trinajstić information content (AvgIpc) is 3.71. The first-order valence-electron chi connectivity index (χ1n) is 13.1. The molecular weight excluding hydrogens is 497 g/mol. The average molecular weight is 531 g/mol. The largest absolute Gasteiger partial charge is 0.573 e. The number of piperazine rings is 1. The number of para-hydroxylation sites is 1. The maximum atomic E-state index is 13.4. The van der Waals surface area contributed by atoms with Crippen LogP contribution in [0.3, 0.4) is 0 Å². The van der Waals surface area contributed by atoms with Crippen LogP contribution >= 0.6 is 0 Å². The topological polar surface area (TPSA) is 65.1 Å². The van der Waals surface area contributed by atoms with Gasteiger partial charge in [-0.15, -0.1) is 13.2 Å².